The number of aromatic nitrogens is 1. The highest BCUT2D eigenvalue weighted by atomic mass is 35.5. The maximum Gasteiger partial charge on any atom is 0.274 e. The zero-order chi connectivity index (χ0) is 20.4. The van der Waals surface area contributed by atoms with Gasteiger partial charge in [-0.2, -0.15) is 0 Å². The average Bonchev–Trinajstić information content (AvgIpc) is 3.18. The van der Waals surface area contributed by atoms with Crippen LogP contribution in [0.5, 0.6) is 11.5 Å². The lowest BCUT2D eigenvalue weighted by atomic mass is 10.1. The smallest absolute Gasteiger partial charge is 0.274 e. The number of hydrogen-bond donors (Lipinski definition) is 1. The summed E-state index contributed by atoms with van der Waals surface area (Å²) in [5.74, 6) is 1.14. The van der Waals surface area contributed by atoms with Crippen LogP contribution in [0.4, 0.5) is 5.69 Å². The largest absolute Gasteiger partial charge is 0.493 e. The van der Waals surface area contributed by atoms with Gasteiger partial charge in [0.15, 0.2) is 11.5 Å². The van der Waals surface area contributed by atoms with E-state index in [0.29, 0.717) is 48.5 Å². The van der Waals surface area contributed by atoms with Gasteiger partial charge in [-0.3, -0.25) is 4.79 Å². The van der Waals surface area contributed by atoms with Gasteiger partial charge in [0.1, 0.15) is 12.3 Å². The van der Waals surface area contributed by atoms with Crippen LogP contribution in [0.25, 0.3) is 11.1 Å². The van der Waals surface area contributed by atoms with Gasteiger partial charge in [-0.1, -0.05) is 23.7 Å². The topological polar surface area (TPSA) is 69.7 Å². The first-order valence-corrected chi connectivity index (χ1v) is 9.77. The Morgan fingerprint density at radius 1 is 1.03 bits per heavy atom. The van der Waals surface area contributed by atoms with Gasteiger partial charge in [0, 0.05) is 48.2 Å². The molecule has 4 rings (SSSR count). The summed E-state index contributed by atoms with van der Waals surface area (Å²) < 4.78 is 13.0. The minimum absolute atomic E-state index is 0.0471. The number of amides is 1. The minimum Gasteiger partial charge on any atom is -0.493 e. The summed E-state index contributed by atoms with van der Waals surface area (Å²) in [6.07, 6.45) is 2.01. The predicted octanol–water partition coefficient (Wildman–Crippen LogP) is 3.82. The van der Waals surface area contributed by atoms with Crippen LogP contribution in [0.1, 0.15) is 10.5 Å². The number of ether oxygens (including phenoxy) is 2. The van der Waals surface area contributed by atoms with Crippen LogP contribution in [-0.4, -0.2) is 37.3 Å². The van der Waals surface area contributed by atoms with Gasteiger partial charge in [0.2, 0.25) is 0 Å². The highest BCUT2D eigenvalue weighted by molar-refractivity contribution is 6.30. The van der Waals surface area contributed by atoms with E-state index in [0.717, 1.165) is 16.8 Å². The number of halogens is 1. The summed E-state index contributed by atoms with van der Waals surface area (Å²) in [7, 11) is 1.58. The van der Waals surface area contributed by atoms with Crippen molar-refractivity contribution in [3.8, 4) is 22.6 Å². The van der Waals surface area contributed by atoms with E-state index in [9.17, 15) is 4.79 Å². The lowest BCUT2D eigenvalue weighted by molar-refractivity contribution is 0.0965. The van der Waals surface area contributed by atoms with Crippen LogP contribution in [0, 0.1) is 0 Å². The summed E-state index contributed by atoms with van der Waals surface area (Å²) >= 11 is 5.98. The zero-order valence-electron chi connectivity index (χ0n) is 16.1. The Hall–Kier alpha value is -2.96. The molecule has 6 nitrogen and oxygen atoms in total. The van der Waals surface area contributed by atoms with E-state index in [1.165, 1.54) is 0 Å². The SMILES string of the molecule is COc1cc(N2CCn3cc(-c4ccc(Cl)cc4)cc3C2=O)ccc1OCCN. The molecular formula is C22H22ClN3O3. The number of hydrogen-bond acceptors (Lipinski definition) is 4. The van der Waals surface area contributed by atoms with Crippen molar-refractivity contribution >= 4 is 23.2 Å². The van der Waals surface area contributed by atoms with Crippen LogP contribution >= 0.6 is 11.6 Å². The molecule has 2 N–H and O–H groups in total. The Bertz CT molecular complexity index is 1030. The van der Waals surface area contributed by atoms with Crippen molar-refractivity contribution < 1.29 is 14.3 Å². The van der Waals surface area contributed by atoms with Crippen molar-refractivity contribution in [2.75, 3.05) is 31.7 Å². The number of nitrogens with zero attached hydrogens (tertiary/aromatic N) is 2. The third-order valence-electron chi connectivity index (χ3n) is 4.94. The monoisotopic (exact) mass is 411 g/mol. The molecule has 1 aromatic heterocycles. The van der Waals surface area contributed by atoms with Gasteiger partial charge in [-0.05, 0) is 35.9 Å². The zero-order valence-corrected chi connectivity index (χ0v) is 16.9. The molecule has 0 fully saturated rings. The first-order chi connectivity index (χ1) is 14.1. The Kier molecular flexibility index (Phi) is 5.47. The average molecular weight is 412 g/mol. The highest BCUT2D eigenvalue weighted by Crippen LogP contribution is 2.34. The van der Waals surface area contributed by atoms with E-state index in [1.54, 1.807) is 12.0 Å². The van der Waals surface area contributed by atoms with Gasteiger partial charge in [0.25, 0.3) is 5.91 Å². The summed E-state index contributed by atoms with van der Waals surface area (Å²) in [5, 5.41) is 0.688. The second-order valence-corrected chi connectivity index (χ2v) is 7.18. The predicted molar refractivity (Wildman–Crippen MR) is 114 cm³/mol. The molecular weight excluding hydrogens is 390 g/mol. The molecule has 0 aliphatic carbocycles. The van der Waals surface area contributed by atoms with E-state index in [4.69, 9.17) is 26.8 Å². The Morgan fingerprint density at radius 2 is 1.83 bits per heavy atom. The van der Waals surface area contributed by atoms with Crippen molar-refractivity contribution in [2.24, 2.45) is 5.73 Å². The van der Waals surface area contributed by atoms with E-state index in [-0.39, 0.29) is 5.91 Å². The Morgan fingerprint density at radius 3 is 2.55 bits per heavy atom. The molecule has 150 valence electrons. The van der Waals surface area contributed by atoms with Gasteiger partial charge < -0.3 is 24.7 Å². The standard InChI is InChI=1S/C22H22ClN3O3/c1-28-21-13-18(6-7-20(21)29-11-8-24)26-10-9-25-14-16(12-19(25)22(26)27)15-2-4-17(23)5-3-15/h2-7,12-14H,8-11,24H2,1H3. The van der Waals surface area contributed by atoms with Gasteiger partial charge >= 0.3 is 0 Å². The van der Waals surface area contributed by atoms with E-state index >= 15 is 0 Å². The van der Waals surface area contributed by atoms with Gasteiger partial charge in [0.05, 0.1) is 7.11 Å². The quantitative estimate of drug-likeness (QED) is 0.669. The molecule has 0 bridgehead atoms. The number of carbonyl (C=O) groups is 1. The fourth-order valence-corrected chi connectivity index (χ4v) is 3.61. The maximum atomic E-state index is 13.2. The molecule has 2 heterocycles. The summed E-state index contributed by atoms with van der Waals surface area (Å²) in [6.45, 7) is 2.11. The fourth-order valence-electron chi connectivity index (χ4n) is 3.48. The van der Waals surface area contributed by atoms with E-state index in [1.807, 2.05) is 59.3 Å². The minimum atomic E-state index is -0.0471. The van der Waals surface area contributed by atoms with E-state index in [2.05, 4.69) is 0 Å². The molecule has 0 spiro atoms. The van der Waals surface area contributed by atoms with Crippen molar-refractivity contribution in [2.45, 2.75) is 6.54 Å². The first kappa shape index (κ1) is 19.4. The first-order valence-electron chi connectivity index (χ1n) is 9.39. The van der Waals surface area contributed by atoms with Crippen LogP contribution < -0.4 is 20.1 Å². The molecule has 2 aromatic carbocycles. The third-order valence-corrected chi connectivity index (χ3v) is 5.19. The van der Waals surface area contributed by atoms with Gasteiger partial charge in [-0.25, -0.2) is 0 Å². The second kappa shape index (κ2) is 8.19. The molecule has 0 radical (unpaired) electrons. The number of benzene rings is 2. The van der Waals surface area contributed by atoms with Crippen LogP contribution in [-0.2, 0) is 6.54 Å². The molecule has 7 heteroatoms. The Labute approximate surface area is 174 Å². The molecule has 0 atom stereocenters. The lowest BCUT2D eigenvalue weighted by Gasteiger charge is -2.28. The third kappa shape index (κ3) is 3.81. The van der Waals surface area contributed by atoms with Crippen molar-refractivity contribution in [3.05, 3.63) is 65.4 Å². The van der Waals surface area contributed by atoms with E-state index < -0.39 is 0 Å². The molecule has 1 aliphatic rings. The summed E-state index contributed by atoms with van der Waals surface area (Å²) in [6, 6.07) is 15.0. The molecule has 0 unspecified atom stereocenters. The molecule has 1 amide bonds. The number of rotatable bonds is 6. The number of carbonyl (C=O) groups excluding carboxylic acids is 1. The Balaban J connectivity index is 1.61. The summed E-state index contributed by atoms with van der Waals surface area (Å²) in [4.78, 5) is 14.9. The highest BCUT2D eigenvalue weighted by Gasteiger charge is 2.27. The van der Waals surface area contributed by atoms with Crippen LogP contribution in [0.3, 0.4) is 0 Å². The number of nitrogens with two attached hydrogens (primary N) is 1. The number of anilines is 1. The normalized spacial score (nSPS) is 13.3. The fraction of sp³-hybridized carbons (Fsp3) is 0.227. The molecule has 0 saturated carbocycles. The molecule has 29 heavy (non-hydrogen) atoms. The molecule has 3 aromatic rings. The number of methoxy groups -OCH3 is 1. The van der Waals surface area contributed by atoms with Crippen molar-refractivity contribution in [1.82, 2.24) is 4.57 Å². The van der Waals surface area contributed by atoms with Gasteiger partial charge in [-0.15, -0.1) is 0 Å². The van der Waals surface area contributed by atoms with Crippen molar-refractivity contribution in [3.63, 3.8) is 0 Å². The lowest BCUT2D eigenvalue weighted by Crippen LogP contribution is -2.39. The van der Waals surface area contributed by atoms with Crippen molar-refractivity contribution in [1.29, 1.82) is 0 Å². The molecule has 1 aliphatic heterocycles. The second-order valence-electron chi connectivity index (χ2n) is 6.74. The number of fused-ring (bicyclic) bond motifs is 1. The molecule has 0 saturated heterocycles. The summed E-state index contributed by atoms with van der Waals surface area (Å²) in [5.41, 5.74) is 8.95. The van der Waals surface area contributed by atoms with Crippen LogP contribution in [0.2, 0.25) is 5.02 Å². The maximum absolute atomic E-state index is 13.2. The van der Waals surface area contributed by atoms with Crippen LogP contribution in [0.15, 0.2) is 54.7 Å².